The van der Waals surface area contributed by atoms with Crippen molar-refractivity contribution in [3.63, 3.8) is 0 Å². The second-order valence-corrected chi connectivity index (χ2v) is 7.60. The minimum Gasteiger partial charge on any atom is -0.378 e. The molecule has 1 heterocycles. The molecule has 0 spiro atoms. The van der Waals surface area contributed by atoms with Gasteiger partial charge in [-0.15, -0.1) is 0 Å². The predicted molar refractivity (Wildman–Crippen MR) is 105 cm³/mol. The van der Waals surface area contributed by atoms with Crippen molar-refractivity contribution >= 4 is 27.5 Å². The van der Waals surface area contributed by atoms with Gasteiger partial charge in [-0.25, -0.2) is 0 Å². The van der Waals surface area contributed by atoms with Gasteiger partial charge < -0.3 is 10.6 Å². The number of anilines is 1. The fraction of sp³-hybridized carbons (Fsp3) is 0.286. The SMILES string of the molecule is CCNC(=O)c1ccc2c(c1)[C@@H]1C=CC[C@@H]1[C@@H](c1ccc(Br)cc1)N2. The van der Waals surface area contributed by atoms with Crippen LogP contribution in [0.1, 0.15) is 46.8 Å². The summed E-state index contributed by atoms with van der Waals surface area (Å²) in [5.41, 5.74) is 4.41. The standard InChI is InChI=1S/C21H21BrN2O/c1-2-23-21(25)14-8-11-19-18(12-14)16-4-3-5-17(16)20(24-19)13-6-9-15(22)10-7-13/h3-4,6-12,16-17,20,24H,2,5H2,1H3,(H,23,25)/t16-,17+,20-/m1/s1. The minimum atomic E-state index is -0.00106. The summed E-state index contributed by atoms with van der Waals surface area (Å²) >= 11 is 3.52. The Morgan fingerprint density at radius 2 is 2.04 bits per heavy atom. The Balaban J connectivity index is 1.71. The maximum absolute atomic E-state index is 12.2. The maximum Gasteiger partial charge on any atom is 0.251 e. The van der Waals surface area contributed by atoms with Gasteiger partial charge in [-0.1, -0.05) is 40.2 Å². The average Bonchev–Trinajstić information content (AvgIpc) is 3.11. The van der Waals surface area contributed by atoms with Crippen LogP contribution in [0.15, 0.2) is 59.1 Å². The molecule has 0 radical (unpaired) electrons. The first-order valence-electron chi connectivity index (χ1n) is 8.78. The molecule has 0 unspecified atom stereocenters. The molecule has 128 valence electrons. The third-order valence-electron chi connectivity index (χ3n) is 5.19. The van der Waals surface area contributed by atoms with Crippen molar-refractivity contribution in [2.45, 2.75) is 25.3 Å². The first kappa shape index (κ1) is 16.4. The number of halogens is 1. The fourth-order valence-corrected chi connectivity index (χ4v) is 4.26. The number of hydrogen-bond acceptors (Lipinski definition) is 2. The molecule has 3 atom stereocenters. The Morgan fingerprint density at radius 1 is 1.24 bits per heavy atom. The van der Waals surface area contributed by atoms with E-state index < -0.39 is 0 Å². The molecule has 2 aromatic rings. The zero-order valence-electron chi connectivity index (χ0n) is 14.1. The molecule has 0 bridgehead atoms. The molecule has 2 aliphatic rings. The van der Waals surface area contributed by atoms with Crippen molar-refractivity contribution < 1.29 is 4.79 Å². The van der Waals surface area contributed by atoms with E-state index in [1.165, 1.54) is 11.1 Å². The molecule has 4 heteroatoms. The van der Waals surface area contributed by atoms with Crippen LogP contribution in [0, 0.1) is 5.92 Å². The maximum atomic E-state index is 12.2. The lowest BCUT2D eigenvalue weighted by Crippen LogP contribution is -2.30. The summed E-state index contributed by atoms with van der Waals surface area (Å²) in [7, 11) is 0. The van der Waals surface area contributed by atoms with E-state index in [2.05, 4.69) is 69.0 Å². The molecule has 0 saturated carbocycles. The van der Waals surface area contributed by atoms with E-state index in [9.17, 15) is 4.79 Å². The van der Waals surface area contributed by atoms with Crippen LogP contribution in [0.5, 0.6) is 0 Å². The Labute approximate surface area is 156 Å². The van der Waals surface area contributed by atoms with Gasteiger partial charge in [0.1, 0.15) is 0 Å². The molecule has 2 N–H and O–H groups in total. The normalized spacial score (nSPS) is 23.5. The highest BCUT2D eigenvalue weighted by molar-refractivity contribution is 9.10. The summed E-state index contributed by atoms with van der Waals surface area (Å²) in [4.78, 5) is 12.2. The van der Waals surface area contributed by atoms with E-state index in [-0.39, 0.29) is 11.9 Å². The molecule has 0 saturated heterocycles. The number of hydrogen-bond donors (Lipinski definition) is 2. The molecule has 2 aromatic carbocycles. The summed E-state index contributed by atoms with van der Waals surface area (Å²) in [6.07, 6.45) is 5.64. The molecular weight excluding hydrogens is 376 g/mol. The Hall–Kier alpha value is -2.07. The topological polar surface area (TPSA) is 41.1 Å². The molecular formula is C21H21BrN2O. The second kappa shape index (κ2) is 6.68. The van der Waals surface area contributed by atoms with Crippen LogP contribution < -0.4 is 10.6 Å². The van der Waals surface area contributed by atoms with Gasteiger partial charge in [0.05, 0.1) is 6.04 Å². The Bertz CT molecular complexity index is 828. The smallest absolute Gasteiger partial charge is 0.251 e. The van der Waals surface area contributed by atoms with Gasteiger partial charge in [0.25, 0.3) is 5.91 Å². The number of amides is 1. The molecule has 3 nitrogen and oxygen atoms in total. The number of rotatable bonds is 3. The van der Waals surface area contributed by atoms with E-state index in [1.807, 2.05) is 19.1 Å². The molecule has 0 fully saturated rings. The van der Waals surface area contributed by atoms with Crippen molar-refractivity contribution in [1.82, 2.24) is 5.32 Å². The molecule has 4 rings (SSSR count). The quantitative estimate of drug-likeness (QED) is 0.714. The van der Waals surface area contributed by atoms with E-state index >= 15 is 0 Å². The Kier molecular flexibility index (Phi) is 4.38. The van der Waals surface area contributed by atoms with Gasteiger partial charge in [0.15, 0.2) is 0 Å². The average molecular weight is 397 g/mol. The highest BCUT2D eigenvalue weighted by atomic mass is 79.9. The first-order chi connectivity index (χ1) is 12.2. The zero-order chi connectivity index (χ0) is 17.4. The van der Waals surface area contributed by atoms with Crippen LogP contribution in [-0.2, 0) is 0 Å². The van der Waals surface area contributed by atoms with E-state index in [0.717, 1.165) is 22.1 Å². The molecule has 1 amide bonds. The largest absolute Gasteiger partial charge is 0.378 e. The van der Waals surface area contributed by atoms with Crippen molar-refractivity contribution in [3.8, 4) is 0 Å². The zero-order valence-corrected chi connectivity index (χ0v) is 15.7. The Morgan fingerprint density at radius 3 is 2.80 bits per heavy atom. The first-order valence-corrected chi connectivity index (χ1v) is 9.57. The van der Waals surface area contributed by atoms with Gasteiger partial charge in [-0.05, 0) is 60.7 Å². The van der Waals surface area contributed by atoms with Crippen LogP contribution in [0.2, 0.25) is 0 Å². The van der Waals surface area contributed by atoms with Crippen molar-refractivity contribution in [2.75, 3.05) is 11.9 Å². The predicted octanol–water partition coefficient (Wildman–Crippen LogP) is 5.03. The lowest BCUT2D eigenvalue weighted by molar-refractivity contribution is 0.0955. The number of fused-ring (bicyclic) bond motifs is 3. The molecule has 25 heavy (non-hydrogen) atoms. The summed E-state index contributed by atoms with van der Waals surface area (Å²) in [6.45, 7) is 2.59. The number of carbonyl (C=O) groups is 1. The summed E-state index contributed by atoms with van der Waals surface area (Å²) in [5, 5.41) is 6.60. The van der Waals surface area contributed by atoms with Crippen LogP contribution in [0.25, 0.3) is 0 Å². The van der Waals surface area contributed by atoms with Crippen LogP contribution in [0.4, 0.5) is 5.69 Å². The van der Waals surface area contributed by atoms with Crippen LogP contribution in [-0.4, -0.2) is 12.5 Å². The number of nitrogens with one attached hydrogen (secondary N) is 2. The second-order valence-electron chi connectivity index (χ2n) is 6.69. The van der Waals surface area contributed by atoms with Gasteiger partial charge in [-0.2, -0.15) is 0 Å². The molecule has 0 aromatic heterocycles. The third kappa shape index (κ3) is 2.99. The minimum absolute atomic E-state index is 0.00106. The number of benzene rings is 2. The van der Waals surface area contributed by atoms with Crippen LogP contribution in [0.3, 0.4) is 0 Å². The van der Waals surface area contributed by atoms with Crippen molar-refractivity contribution in [1.29, 1.82) is 0 Å². The molecule has 1 aliphatic heterocycles. The number of allylic oxidation sites excluding steroid dienone is 2. The lowest BCUT2D eigenvalue weighted by atomic mass is 9.76. The van der Waals surface area contributed by atoms with Gasteiger partial charge in [0.2, 0.25) is 0 Å². The monoisotopic (exact) mass is 396 g/mol. The van der Waals surface area contributed by atoms with Crippen molar-refractivity contribution in [2.24, 2.45) is 5.92 Å². The summed E-state index contributed by atoms with van der Waals surface area (Å²) in [6, 6.07) is 14.9. The van der Waals surface area contributed by atoms with E-state index in [4.69, 9.17) is 0 Å². The summed E-state index contributed by atoms with van der Waals surface area (Å²) in [5.74, 6) is 0.844. The van der Waals surface area contributed by atoms with Crippen molar-refractivity contribution in [3.05, 3.63) is 75.8 Å². The van der Waals surface area contributed by atoms with Gasteiger partial charge >= 0.3 is 0 Å². The van der Waals surface area contributed by atoms with E-state index in [0.29, 0.717) is 18.4 Å². The molecule has 1 aliphatic carbocycles. The van der Waals surface area contributed by atoms with E-state index in [1.54, 1.807) is 0 Å². The lowest BCUT2D eigenvalue weighted by Gasteiger charge is -2.37. The highest BCUT2D eigenvalue weighted by Crippen LogP contribution is 2.49. The van der Waals surface area contributed by atoms with Gasteiger partial charge in [-0.3, -0.25) is 4.79 Å². The third-order valence-corrected chi connectivity index (χ3v) is 5.72. The summed E-state index contributed by atoms with van der Waals surface area (Å²) < 4.78 is 1.10. The van der Waals surface area contributed by atoms with Crippen LogP contribution >= 0.6 is 15.9 Å². The highest BCUT2D eigenvalue weighted by Gasteiger charge is 2.38. The van der Waals surface area contributed by atoms with Gasteiger partial charge in [0, 0.05) is 28.2 Å². The fourth-order valence-electron chi connectivity index (χ4n) is 4.00. The number of carbonyl (C=O) groups excluding carboxylic acids is 1.